The van der Waals surface area contributed by atoms with E-state index in [0.717, 1.165) is 50.5 Å². The highest BCUT2D eigenvalue weighted by molar-refractivity contribution is 5.96. The van der Waals surface area contributed by atoms with Gasteiger partial charge < -0.3 is 30.3 Å². The number of aliphatic carboxylic acids is 1. The standard InChI is InChI=1S/C24H30N4O3.C2HF3O2/c1-31-22-5-3-2-4-21(22)27-12-14-28(15-13-27)23(29)17-26-24(30)20-7-6-18-8-10-25-11-9-19(18)16-20;3-2(4,5)1(6)7/h2-7,16,25H,8-15,17H2,1H3,(H,26,30);(H,6,7). The van der Waals surface area contributed by atoms with Gasteiger partial charge in [-0.05, 0) is 61.3 Å². The van der Waals surface area contributed by atoms with Crippen molar-refractivity contribution in [1.29, 1.82) is 0 Å². The van der Waals surface area contributed by atoms with Crippen LogP contribution in [0.1, 0.15) is 21.5 Å². The normalized spacial score (nSPS) is 15.4. The molecule has 0 aromatic heterocycles. The van der Waals surface area contributed by atoms with E-state index >= 15 is 0 Å². The topological polar surface area (TPSA) is 111 Å². The highest BCUT2D eigenvalue weighted by Gasteiger charge is 2.38. The van der Waals surface area contributed by atoms with E-state index in [1.54, 1.807) is 7.11 Å². The van der Waals surface area contributed by atoms with E-state index in [1.807, 2.05) is 47.4 Å². The number of carbonyl (C=O) groups is 3. The predicted octanol–water partition coefficient (Wildman–Crippen LogP) is 2.10. The molecule has 0 saturated carbocycles. The van der Waals surface area contributed by atoms with Crippen molar-refractivity contribution in [2.24, 2.45) is 0 Å². The first-order valence-electron chi connectivity index (χ1n) is 12.2. The summed E-state index contributed by atoms with van der Waals surface area (Å²) in [7, 11) is 1.67. The number of piperazine rings is 1. The minimum Gasteiger partial charge on any atom is -0.495 e. The molecule has 2 aromatic rings. The molecule has 0 unspecified atom stereocenters. The summed E-state index contributed by atoms with van der Waals surface area (Å²) in [4.78, 5) is 38.2. The summed E-state index contributed by atoms with van der Waals surface area (Å²) in [5.74, 6) is -2.16. The molecule has 3 N–H and O–H groups in total. The van der Waals surface area contributed by atoms with Gasteiger partial charge in [0.2, 0.25) is 5.91 Å². The molecule has 206 valence electrons. The molecule has 2 aliphatic rings. The number of halogens is 3. The summed E-state index contributed by atoms with van der Waals surface area (Å²) in [6.07, 6.45) is -3.18. The molecule has 1 fully saturated rings. The number of anilines is 1. The largest absolute Gasteiger partial charge is 0.495 e. The Morgan fingerprint density at radius 3 is 2.26 bits per heavy atom. The Balaban J connectivity index is 0.000000505. The van der Waals surface area contributed by atoms with Crippen LogP contribution in [0.25, 0.3) is 0 Å². The molecule has 4 rings (SSSR count). The van der Waals surface area contributed by atoms with Crippen molar-refractivity contribution in [3.05, 3.63) is 59.2 Å². The first kappa shape index (κ1) is 28.8. The number of ether oxygens (including phenoxy) is 1. The van der Waals surface area contributed by atoms with E-state index < -0.39 is 12.1 Å². The van der Waals surface area contributed by atoms with Gasteiger partial charge in [-0.2, -0.15) is 13.2 Å². The number of hydrogen-bond acceptors (Lipinski definition) is 6. The van der Waals surface area contributed by atoms with Gasteiger partial charge in [0.15, 0.2) is 0 Å². The molecule has 0 spiro atoms. The zero-order valence-electron chi connectivity index (χ0n) is 21.0. The van der Waals surface area contributed by atoms with Crippen molar-refractivity contribution in [3.8, 4) is 5.75 Å². The molecule has 38 heavy (non-hydrogen) atoms. The van der Waals surface area contributed by atoms with E-state index in [2.05, 4.69) is 15.5 Å². The number of hydrogen-bond donors (Lipinski definition) is 3. The first-order chi connectivity index (χ1) is 18.1. The summed E-state index contributed by atoms with van der Waals surface area (Å²) >= 11 is 0. The van der Waals surface area contributed by atoms with Gasteiger partial charge in [-0.1, -0.05) is 18.2 Å². The lowest BCUT2D eigenvalue weighted by Crippen LogP contribution is -2.51. The van der Waals surface area contributed by atoms with Gasteiger partial charge in [-0.15, -0.1) is 0 Å². The maximum absolute atomic E-state index is 12.6. The van der Waals surface area contributed by atoms with Crippen LogP contribution in [0.15, 0.2) is 42.5 Å². The van der Waals surface area contributed by atoms with Crippen LogP contribution in [-0.2, 0) is 22.4 Å². The average molecular weight is 537 g/mol. The summed E-state index contributed by atoms with van der Waals surface area (Å²) in [6, 6.07) is 13.8. The molecule has 2 aliphatic heterocycles. The van der Waals surface area contributed by atoms with Crippen LogP contribution in [0, 0.1) is 0 Å². The fraction of sp³-hybridized carbons (Fsp3) is 0.423. The first-order valence-corrected chi connectivity index (χ1v) is 12.2. The smallest absolute Gasteiger partial charge is 0.490 e. The van der Waals surface area contributed by atoms with Gasteiger partial charge in [-0.25, -0.2) is 4.79 Å². The van der Waals surface area contributed by atoms with Gasteiger partial charge in [-0.3, -0.25) is 9.59 Å². The van der Waals surface area contributed by atoms with Crippen LogP contribution in [0.2, 0.25) is 0 Å². The van der Waals surface area contributed by atoms with Crippen molar-refractivity contribution < 1.29 is 37.4 Å². The highest BCUT2D eigenvalue weighted by atomic mass is 19.4. The van der Waals surface area contributed by atoms with Crippen LogP contribution < -0.4 is 20.3 Å². The molecular formula is C26H31F3N4O5. The number of carboxylic acids is 1. The number of rotatable bonds is 5. The fourth-order valence-corrected chi connectivity index (χ4v) is 4.27. The Labute approximate surface area is 218 Å². The van der Waals surface area contributed by atoms with E-state index in [4.69, 9.17) is 14.6 Å². The van der Waals surface area contributed by atoms with Crippen LogP contribution in [0.3, 0.4) is 0 Å². The summed E-state index contributed by atoms with van der Waals surface area (Å²) in [6.45, 7) is 4.63. The average Bonchev–Trinajstić information content (AvgIpc) is 3.16. The molecule has 2 amide bonds. The van der Waals surface area contributed by atoms with Gasteiger partial charge in [0, 0.05) is 31.7 Å². The molecule has 0 aliphatic carbocycles. The van der Waals surface area contributed by atoms with E-state index in [-0.39, 0.29) is 18.4 Å². The maximum Gasteiger partial charge on any atom is 0.490 e. The maximum atomic E-state index is 12.6. The van der Waals surface area contributed by atoms with Crippen LogP contribution >= 0.6 is 0 Å². The molecule has 2 aromatic carbocycles. The van der Waals surface area contributed by atoms with Gasteiger partial charge >= 0.3 is 12.1 Å². The number of fused-ring (bicyclic) bond motifs is 1. The highest BCUT2D eigenvalue weighted by Crippen LogP contribution is 2.28. The Bertz CT molecular complexity index is 1130. The second kappa shape index (κ2) is 13.1. The van der Waals surface area contributed by atoms with Gasteiger partial charge in [0.25, 0.3) is 5.91 Å². The van der Waals surface area contributed by atoms with Crippen LogP contribution in [0.5, 0.6) is 5.75 Å². The van der Waals surface area contributed by atoms with Gasteiger partial charge in [0.1, 0.15) is 5.75 Å². The molecule has 1 saturated heterocycles. The number of methoxy groups -OCH3 is 1. The lowest BCUT2D eigenvalue weighted by Gasteiger charge is -2.36. The number of nitrogens with zero attached hydrogens (tertiary/aromatic N) is 2. The van der Waals surface area contributed by atoms with E-state index in [0.29, 0.717) is 18.7 Å². The molecule has 0 radical (unpaired) electrons. The number of carbonyl (C=O) groups excluding carboxylic acids is 2. The lowest BCUT2D eigenvalue weighted by molar-refractivity contribution is -0.192. The van der Waals surface area contributed by atoms with Crippen molar-refractivity contribution >= 4 is 23.5 Å². The second-order valence-electron chi connectivity index (χ2n) is 8.76. The third-order valence-electron chi connectivity index (χ3n) is 6.31. The molecule has 9 nitrogen and oxygen atoms in total. The molecule has 2 heterocycles. The van der Waals surface area contributed by atoms with Crippen LogP contribution in [-0.4, -0.2) is 86.9 Å². The minimum absolute atomic E-state index is 0.0200. The van der Waals surface area contributed by atoms with Crippen molar-refractivity contribution in [2.45, 2.75) is 19.0 Å². The number of carboxylic acid groups (broad SMARTS) is 1. The number of amides is 2. The number of alkyl halides is 3. The third kappa shape index (κ3) is 7.85. The Morgan fingerprint density at radius 2 is 1.63 bits per heavy atom. The monoisotopic (exact) mass is 536 g/mol. The second-order valence-corrected chi connectivity index (χ2v) is 8.76. The van der Waals surface area contributed by atoms with Crippen molar-refractivity contribution in [1.82, 2.24) is 15.5 Å². The fourth-order valence-electron chi connectivity index (χ4n) is 4.27. The minimum atomic E-state index is -5.08. The van der Waals surface area contributed by atoms with Crippen LogP contribution in [0.4, 0.5) is 18.9 Å². The summed E-state index contributed by atoms with van der Waals surface area (Å²) in [5, 5.41) is 13.3. The zero-order valence-corrected chi connectivity index (χ0v) is 21.0. The Kier molecular flexibility index (Phi) is 9.94. The van der Waals surface area contributed by atoms with E-state index in [9.17, 15) is 22.8 Å². The predicted molar refractivity (Wildman–Crippen MR) is 135 cm³/mol. The lowest BCUT2D eigenvalue weighted by atomic mass is 10.00. The third-order valence-corrected chi connectivity index (χ3v) is 6.31. The molecular weight excluding hydrogens is 505 g/mol. The quantitative estimate of drug-likeness (QED) is 0.537. The SMILES string of the molecule is COc1ccccc1N1CCN(C(=O)CNC(=O)c2ccc3c(c2)CCNCC3)CC1.O=C(O)C(F)(F)F. The Morgan fingerprint density at radius 1 is 1.00 bits per heavy atom. The summed E-state index contributed by atoms with van der Waals surface area (Å²) in [5.41, 5.74) is 4.18. The zero-order chi connectivity index (χ0) is 27.7. The van der Waals surface area contributed by atoms with E-state index in [1.165, 1.54) is 11.1 Å². The number of nitrogens with one attached hydrogen (secondary N) is 2. The Hall–Kier alpha value is -3.80. The van der Waals surface area contributed by atoms with Crippen molar-refractivity contribution in [3.63, 3.8) is 0 Å². The number of para-hydroxylation sites is 2. The van der Waals surface area contributed by atoms with Gasteiger partial charge in [0.05, 0.1) is 19.3 Å². The number of benzene rings is 2. The molecule has 0 atom stereocenters. The molecule has 12 heteroatoms. The summed E-state index contributed by atoms with van der Waals surface area (Å²) < 4.78 is 37.2. The van der Waals surface area contributed by atoms with Crippen molar-refractivity contribution in [2.75, 3.05) is 57.8 Å². The molecule has 0 bridgehead atoms.